The minimum atomic E-state index is -0.261. The summed E-state index contributed by atoms with van der Waals surface area (Å²) in [6.07, 6.45) is 4.30. The number of rotatable bonds is 7. The molecule has 128 valence electrons. The molecule has 0 saturated carbocycles. The van der Waals surface area contributed by atoms with Crippen LogP contribution >= 0.6 is 11.8 Å². The number of halogens is 1. The molecule has 0 aromatic heterocycles. The van der Waals surface area contributed by atoms with Gasteiger partial charge in [0.05, 0.1) is 6.10 Å². The molecule has 1 aromatic carbocycles. The Morgan fingerprint density at radius 3 is 2.87 bits per heavy atom. The van der Waals surface area contributed by atoms with Crippen LogP contribution in [0.5, 0.6) is 0 Å². The van der Waals surface area contributed by atoms with Crippen molar-refractivity contribution in [3.8, 4) is 0 Å². The number of aliphatic hydroxyl groups excluding tert-OH is 1. The van der Waals surface area contributed by atoms with Crippen molar-refractivity contribution in [3.63, 3.8) is 0 Å². The van der Waals surface area contributed by atoms with Crippen LogP contribution in [0.15, 0.2) is 18.2 Å². The van der Waals surface area contributed by atoms with Gasteiger partial charge in [-0.15, -0.1) is 0 Å². The first kappa shape index (κ1) is 18.2. The number of nitrogens with zero attached hydrogens (tertiary/aromatic N) is 1. The van der Waals surface area contributed by atoms with Gasteiger partial charge < -0.3 is 15.3 Å². The first-order valence-electron chi connectivity index (χ1n) is 8.06. The van der Waals surface area contributed by atoms with Gasteiger partial charge in [-0.25, -0.2) is 4.39 Å². The number of piperidine rings is 1. The van der Waals surface area contributed by atoms with Gasteiger partial charge in [-0.2, -0.15) is 11.8 Å². The summed E-state index contributed by atoms with van der Waals surface area (Å²) in [5.41, 5.74) is 1.08. The summed E-state index contributed by atoms with van der Waals surface area (Å²) in [6, 6.07) is 4.52. The van der Waals surface area contributed by atoms with Gasteiger partial charge in [0.15, 0.2) is 0 Å². The molecule has 1 aliphatic rings. The third kappa shape index (κ3) is 5.79. The molecular weight excluding hydrogens is 315 g/mol. The Balaban J connectivity index is 1.73. The average Bonchev–Trinajstić information content (AvgIpc) is 2.55. The van der Waals surface area contributed by atoms with E-state index in [0.717, 1.165) is 38.9 Å². The number of hydrogen-bond acceptors (Lipinski definition) is 4. The Hall–Kier alpha value is -1.11. The summed E-state index contributed by atoms with van der Waals surface area (Å²) >= 11 is 1.53. The Bertz CT molecular complexity index is 519. The van der Waals surface area contributed by atoms with Gasteiger partial charge in [-0.1, -0.05) is 0 Å². The molecule has 0 bridgehead atoms. The Labute approximate surface area is 141 Å². The number of thioether (sulfide) groups is 1. The molecule has 4 nitrogen and oxygen atoms in total. The van der Waals surface area contributed by atoms with Crippen molar-refractivity contribution in [2.75, 3.05) is 32.4 Å². The number of aliphatic hydroxyl groups is 1. The third-order valence-electron chi connectivity index (χ3n) is 4.10. The quantitative estimate of drug-likeness (QED) is 0.748. The van der Waals surface area contributed by atoms with Crippen molar-refractivity contribution >= 4 is 17.7 Å². The lowest BCUT2D eigenvalue weighted by molar-refractivity contribution is 0.0816. The minimum Gasteiger partial charge on any atom is -0.393 e. The molecule has 0 atom stereocenters. The largest absolute Gasteiger partial charge is 0.393 e. The SMILES string of the molecule is CSCc1cc(C(=O)NCCCN2CCC(O)CC2)ccc1F. The van der Waals surface area contributed by atoms with Crippen LogP contribution in [0, 0.1) is 5.82 Å². The van der Waals surface area contributed by atoms with Crippen molar-refractivity contribution in [2.24, 2.45) is 0 Å². The zero-order chi connectivity index (χ0) is 16.7. The number of carbonyl (C=O) groups is 1. The first-order valence-corrected chi connectivity index (χ1v) is 9.45. The molecule has 0 spiro atoms. The second-order valence-electron chi connectivity index (χ2n) is 5.92. The molecule has 0 radical (unpaired) electrons. The van der Waals surface area contributed by atoms with Gasteiger partial charge in [0, 0.05) is 31.0 Å². The first-order chi connectivity index (χ1) is 11.1. The van der Waals surface area contributed by atoms with Crippen molar-refractivity contribution in [1.29, 1.82) is 0 Å². The molecule has 2 N–H and O–H groups in total. The molecule has 1 heterocycles. The van der Waals surface area contributed by atoms with Crippen molar-refractivity contribution in [1.82, 2.24) is 10.2 Å². The molecule has 1 aliphatic heterocycles. The molecule has 0 aliphatic carbocycles. The van der Waals surface area contributed by atoms with E-state index in [1.165, 1.54) is 23.9 Å². The standard InChI is InChI=1S/C17H25FN2O2S/c1-23-12-14-11-13(3-4-16(14)18)17(22)19-7-2-8-20-9-5-15(21)6-10-20/h3-4,11,15,21H,2,5-10,12H2,1H3,(H,19,22). The highest BCUT2D eigenvalue weighted by Gasteiger charge is 2.16. The third-order valence-corrected chi connectivity index (χ3v) is 4.70. The van der Waals surface area contributed by atoms with E-state index in [4.69, 9.17) is 0 Å². The van der Waals surface area contributed by atoms with Gasteiger partial charge >= 0.3 is 0 Å². The molecule has 2 rings (SSSR count). The number of nitrogens with one attached hydrogen (secondary N) is 1. The second kappa shape index (κ2) is 9.25. The predicted octanol–water partition coefficient (Wildman–Crippen LogP) is 2.27. The Morgan fingerprint density at radius 2 is 2.17 bits per heavy atom. The summed E-state index contributed by atoms with van der Waals surface area (Å²) in [5, 5.41) is 12.4. The van der Waals surface area contributed by atoms with E-state index in [9.17, 15) is 14.3 Å². The minimum absolute atomic E-state index is 0.151. The van der Waals surface area contributed by atoms with E-state index in [1.54, 1.807) is 6.07 Å². The lowest BCUT2D eigenvalue weighted by Gasteiger charge is -2.29. The highest BCUT2D eigenvalue weighted by atomic mass is 32.2. The number of carbonyl (C=O) groups excluding carboxylic acids is 1. The molecule has 1 fully saturated rings. The van der Waals surface area contributed by atoms with Crippen LogP contribution in [0.2, 0.25) is 0 Å². The summed E-state index contributed by atoms with van der Waals surface area (Å²) in [5.74, 6) is 0.151. The number of likely N-dealkylation sites (tertiary alicyclic amines) is 1. The normalized spacial score (nSPS) is 16.5. The summed E-state index contributed by atoms with van der Waals surface area (Å²) < 4.78 is 13.6. The molecule has 6 heteroatoms. The topological polar surface area (TPSA) is 52.6 Å². The van der Waals surface area contributed by atoms with Crippen molar-refractivity contribution in [2.45, 2.75) is 31.1 Å². The van der Waals surface area contributed by atoms with Gasteiger partial charge in [0.2, 0.25) is 0 Å². The van der Waals surface area contributed by atoms with E-state index in [2.05, 4.69) is 10.2 Å². The maximum absolute atomic E-state index is 13.6. The maximum atomic E-state index is 13.6. The van der Waals surface area contributed by atoms with Gasteiger partial charge in [-0.05, 0) is 55.8 Å². The summed E-state index contributed by atoms with van der Waals surface area (Å²) in [6.45, 7) is 3.37. The average molecular weight is 340 g/mol. The van der Waals surface area contributed by atoms with Crippen molar-refractivity contribution in [3.05, 3.63) is 35.1 Å². The van der Waals surface area contributed by atoms with Crippen LogP contribution in [-0.4, -0.2) is 54.5 Å². The van der Waals surface area contributed by atoms with Crippen molar-refractivity contribution < 1.29 is 14.3 Å². The lowest BCUT2D eigenvalue weighted by Crippen LogP contribution is -2.37. The zero-order valence-corrected chi connectivity index (χ0v) is 14.4. The molecular formula is C17H25FN2O2S. The van der Waals surface area contributed by atoms with Crippen LogP contribution < -0.4 is 5.32 Å². The highest BCUT2D eigenvalue weighted by molar-refractivity contribution is 7.97. The van der Waals surface area contributed by atoms with Crippen LogP contribution in [-0.2, 0) is 5.75 Å². The molecule has 1 amide bonds. The van der Waals surface area contributed by atoms with Gasteiger partial charge in [0.1, 0.15) is 5.82 Å². The van der Waals surface area contributed by atoms with Crippen LogP contribution in [0.25, 0.3) is 0 Å². The van der Waals surface area contributed by atoms with E-state index in [0.29, 0.717) is 23.4 Å². The maximum Gasteiger partial charge on any atom is 0.251 e. The van der Waals surface area contributed by atoms with Crippen LogP contribution in [0.1, 0.15) is 35.2 Å². The van der Waals surface area contributed by atoms with E-state index in [1.807, 2.05) is 6.26 Å². The smallest absolute Gasteiger partial charge is 0.251 e. The Kier molecular flexibility index (Phi) is 7.33. The lowest BCUT2D eigenvalue weighted by atomic mass is 10.1. The summed E-state index contributed by atoms with van der Waals surface area (Å²) in [7, 11) is 0. The van der Waals surface area contributed by atoms with Crippen LogP contribution in [0.3, 0.4) is 0 Å². The Morgan fingerprint density at radius 1 is 1.43 bits per heavy atom. The fourth-order valence-corrected chi connectivity index (χ4v) is 3.26. The van der Waals surface area contributed by atoms with E-state index >= 15 is 0 Å². The van der Waals surface area contributed by atoms with Gasteiger partial charge in [0.25, 0.3) is 5.91 Å². The molecule has 1 saturated heterocycles. The monoisotopic (exact) mass is 340 g/mol. The van der Waals surface area contributed by atoms with E-state index in [-0.39, 0.29) is 17.8 Å². The highest BCUT2D eigenvalue weighted by Crippen LogP contribution is 2.16. The van der Waals surface area contributed by atoms with Crippen LogP contribution in [0.4, 0.5) is 4.39 Å². The zero-order valence-electron chi connectivity index (χ0n) is 13.6. The van der Waals surface area contributed by atoms with Gasteiger partial charge in [-0.3, -0.25) is 4.79 Å². The number of benzene rings is 1. The molecule has 1 aromatic rings. The number of hydrogen-bond donors (Lipinski definition) is 2. The summed E-state index contributed by atoms with van der Waals surface area (Å²) in [4.78, 5) is 14.4. The second-order valence-corrected chi connectivity index (χ2v) is 6.79. The van der Waals surface area contributed by atoms with E-state index < -0.39 is 0 Å². The molecule has 23 heavy (non-hydrogen) atoms. The fourth-order valence-electron chi connectivity index (χ4n) is 2.73. The fraction of sp³-hybridized carbons (Fsp3) is 0.588. The predicted molar refractivity (Wildman–Crippen MR) is 92.3 cm³/mol. The molecule has 0 unspecified atom stereocenters. The number of amides is 1.